The molecule has 0 heterocycles. The van der Waals surface area contributed by atoms with Gasteiger partial charge in [0.25, 0.3) is 0 Å². The van der Waals surface area contributed by atoms with Crippen LogP contribution in [0.1, 0.15) is 12.5 Å². The summed E-state index contributed by atoms with van der Waals surface area (Å²) >= 11 is 0. The van der Waals surface area contributed by atoms with Crippen LogP contribution < -0.4 is 4.74 Å². The van der Waals surface area contributed by atoms with Gasteiger partial charge in [0.15, 0.2) is 0 Å². The summed E-state index contributed by atoms with van der Waals surface area (Å²) in [7, 11) is 5.21. The first kappa shape index (κ1) is 12.6. The standard InChI is InChI=1S/C13H19NO2/c1-10(13(15)14(2)3)9-11-7-5-6-8-12(11)16-4/h5-8,10H,9H2,1-4H3. The van der Waals surface area contributed by atoms with Crippen LogP contribution >= 0.6 is 0 Å². The van der Waals surface area contributed by atoms with Crippen molar-refractivity contribution in [1.29, 1.82) is 0 Å². The molecule has 0 aliphatic carbocycles. The molecule has 0 aliphatic heterocycles. The van der Waals surface area contributed by atoms with E-state index in [-0.39, 0.29) is 11.8 Å². The summed E-state index contributed by atoms with van der Waals surface area (Å²) in [5.74, 6) is 0.970. The second-order valence-electron chi connectivity index (χ2n) is 4.15. The third-order valence-corrected chi connectivity index (χ3v) is 2.58. The van der Waals surface area contributed by atoms with E-state index in [9.17, 15) is 4.79 Å². The summed E-state index contributed by atoms with van der Waals surface area (Å²) in [6.45, 7) is 1.94. The van der Waals surface area contributed by atoms with E-state index in [1.54, 1.807) is 26.1 Å². The number of carbonyl (C=O) groups excluding carboxylic acids is 1. The Morgan fingerprint density at radius 2 is 2.00 bits per heavy atom. The molecule has 0 N–H and O–H groups in total. The third kappa shape index (κ3) is 2.99. The summed E-state index contributed by atoms with van der Waals surface area (Å²) < 4.78 is 5.26. The van der Waals surface area contributed by atoms with Gasteiger partial charge in [0.05, 0.1) is 7.11 Å². The van der Waals surface area contributed by atoms with Crippen LogP contribution in [0.15, 0.2) is 24.3 Å². The van der Waals surface area contributed by atoms with Gasteiger partial charge in [-0.25, -0.2) is 0 Å². The van der Waals surface area contributed by atoms with Crippen molar-refractivity contribution in [2.24, 2.45) is 5.92 Å². The third-order valence-electron chi connectivity index (χ3n) is 2.58. The fourth-order valence-electron chi connectivity index (χ4n) is 1.73. The SMILES string of the molecule is COc1ccccc1CC(C)C(=O)N(C)C. The Bertz CT molecular complexity index is 361. The molecule has 0 fully saturated rings. The highest BCUT2D eigenvalue weighted by atomic mass is 16.5. The molecule has 1 aromatic carbocycles. The normalized spacial score (nSPS) is 12.0. The van der Waals surface area contributed by atoms with Crippen molar-refractivity contribution in [3.8, 4) is 5.75 Å². The van der Waals surface area contributed by atoms with E-state index in [0.717, 1.165) is 11.3 Å². The summed E-state index contributed by atoms with van der Waals surface area (Å²) in [6.07, 6.45) is 0.709. The van der Waals surface area contributed by atoms with Gasteiger partial charge in [-0.1, -0.05) is 25.1 Å². The topological polar surface area (TPSA) is 29.5 Å². The maximum absolute atomic E-state index is 11.7. The molecule has 1 aromatic rings. The molecular weight excluding hydrogens is 202 g/mol. The molecule has 88 valence electrons. The Morgan fingerprint density at radius 1 is 1.38 bits per heavy atom. The van der Waals surface area contributed by atoms with Gasteiger partial charge in [0, 0.05) is 20.0 Å². The number of hydrogen-bond acceptors (Lipinski definition) is 2. The average Bonchev–Trinajstić information content (AvgIpc) is 2.28. The minimum absolute atomic E-state index is 0.0219. The highest BCUT2D eigenvalue weighted by molar-refractivity contribution is 5.78. The van der Waals surface area contributed by atoms with Gasteiger partial charge in [0.1, 0.15) is 5.75 Å². The zero-order chi connectivity index (χ0) is 12.1. The summed E-state index contributed by atoms with van der Waals surface area (Å²) in [5.41, 5.74) is 1.08. The Labute approximate surface area is 97.0 Å². The maximum atomic E-state index is 11.7. The first-order chi connectivity index (χ1) is 7.56. The van der Waals surface area contributed by atoms with E-state index in [0.29, 0.717) is 6.42 Å². The smallest absolute Gasteiger partial charge is 0.225 e. The fraction of sp³-hybridized carbons (Fsp3) is 0.462. The van der Waals surface area contributed by atoms with E-state index >= 15 is 0 Å². The lowest BCUT2D eigenvalue weighted by molar-refractivity contribution is -0.132. The van der Waals surface area contributed by atoms with Gasteiger partial charge in [-0.15, -0.1) is 0 Å². The van der Waals surface area contributed by atoms with Gasteiger partial charge in [-0.3, -0.25) is 4.79 Å². The Kier molecular flexibility index (Phi) is 4.35. The highest BCUT2D eigenvalue weighted by Gasteiger charge is 2.16. The van der Waals surface area contributed by atoms with Crippen LogP contribution in [0, 0.1) is 5.92 Å². The number of para-hydroxylation sites is 1. The molecule has 1 amide bonds. The minimum atomic E-state index is -0.0219. The highest BCUT2D eigenvalue weighted by Crippen LogP contribution is 2.21. The number of carbonyl (C=O) groups is 1. The predicted octanol–water partition coefficient (Wildman–Crippen LogP) is 1.96. The summed E-state index contributed by atoms with van der Waals surface area (Å²) in [4.78, 5) is 13.4. The number of benzene rings is 1. The molecular formula is C13H19NO2. The van der Waals surface area contributed by atoms with Crippen LogP contribution in [0.25, 0.3) is 0 Å². The molecule has 3 nitrogen and oxygen atoms in total. The lowest BCUT2D eigenvalue weighted by Crippen LogP contribution is -2.29. The van der Waals surface area contributed by atoms with Crippen LogP contribution in [-0.2, 0) is 11.2 Å². The number of methoxy groups -OCH3 is 1. The van der Waals surface area contributed by atoms with Gasteiger partial charge >= 0.3 is 0 Å². The monoisotopic (exact) mass is 221 g/mol. The van der Waals surface area contributed by atoms with Crippen molar-refractivity contribution in [1.82, 2.24) is 4.90 Å². The molecule has 3 heteroatoms. The molecule has 0 saturated carbocycles. The zero-order valence-electron chi connectivity index (χ0n) is 10.4. The molecule has 1 rings (SSSR count). The quantitative estimate of drug-likeness (QED) is 0.778. The number of hydrogen-bond donors (Lipinski definition) is 0. The van der Waals surface area contributed by atoms with Crippen molar-refractivity contribution in [2.75, 3.05) is 21.2 Å². The van der Waals surface area contributed by atoms with Gasteiger partial charge in [-0.05, 0) is 18.1 Å². The molecule has 0 aliphatic rings. The van der Waals surface area contributed by atoms with E-state index in [2.05, 4.69) is 0 Å². The Hall–Kier alpha value is -1.51. The molecule has 16 heavy (non-hydrogen) atoms. The van der Waals surface area contributed by atoms with Gasteiger partial charge in [0.2, 0.25) is 5.91 Å². The Balaban J connectivity index is 2.76. The van der Waals surface area contributed by atoms with Crippen molar-refractivity contribution >= 4 is 5.91 Å². The first-order valence-electron chi connectivity index (χ1n) is 5.39. The number of amides is 1. The zero-order valence-corrected chi connectivity index (χ0v) is 10.4. The summed E-state index contributed by atoms with van der Waals surface area (Å²) in [5, 5.41) is 0. The second-order valence-corrected chi connectivity index (χ2v) is 4.15. The van der Waals surface area contributed by atoms with Crippen LogP contribution in [-0.4, -0.2) is 32.0 Å². The molecule has 0 saturated heterocycles. The largest absolute Gasteiger partial charge is 0.496 e. The van der Waals surface area contributed by atoms with E-state index in [1.165, 1.54) is 0 Å². The molecule has 0 radical (unpaired) electrons. The number of ether oxygens (including phenoxy) is 1. The molecule has 0 aromatic heterocycles. The first-order valence-corrected chi connectivity index (χ1v) is 5.39. The van der Waals surface area contributed by atoms with E-state index in [1.807, 2.05) is 31.2 Å². The van der Waals surface area contributed by atoms with E-state index < -0.39 is 0 Å². The number of nitrogens with zero attached hydrogens (tertiary/aromatic N) is 1. The van der Waals surface area contributed by atoms with Crippen molar-refractivity contribution in [3.05, 3.63) is 29.8 Å². The van der Waals surface area contributed by atoms with Crippen molar-refractivity contribution < 1.29 is 9.53 Å². The lowest BCUT2D eigenvalue weighted by Gasteiger charge is -2.17. The van der Waals surface area contributed by atoms with Crippen LogP contribution in [0.3, 0.4) is 0 Å². The molecule has 0 bridgehead atoms. The minimum Gasteiger partial charge on any atom is -0.496 e. The maximum Gasteiger partial charge on any atom is 0.225 e. The molecule has 1 atom stereocenters. The molecule has 1 unspecified atom stereocenters. The van der Waals surface area contributed by atoms with Crippen molar-refractivity contribution in [3.63, 3.8) is 0 Å². The average molecular weight is 221 g/mol. The predicted molar refractivity (Wildman–Crippen MR) is 64.6 cm³/mol. The van der Waals surface area contributed by atoms with Gasteiger partial charge in [-0.2, -0.15) is 0 Å². The van der Waals surface area contributed by atoms with Crippen LogP contribution in [0.5, 0.6) is 5.75 Å². The lowest BCUT2D eigenvalue weighted by atomic mass is 9.99. The summed E-state index contributed by atoms with van der Waals surface area (Å²) in [6, 6.07) is 7.81. The van der Waals surface area contributed by atoms with Crippen molar-refractivity contribution in [2.45, 2.75) is 13.3 Å². The Morgan fingerprint density at radius 3 is 2.56 bits per heavy atom. The number of rotatable bonds is 4. The van der Waals surface area contributed by atoms with E-state index in [4.69, 9.17) is 4.74 Å². The second kappa shape index (κ2) is 5.54. The molecule has 0 spiro atoms. The van der Waals surface area contributed by atoms with Crippen LogP contribution in [0.4, 0.5) is 0 Å². The van der Waals surface area contributed by atoms with Gasteiger partial charge < -0.3 is 9.64 Å². The fourth-order valence-corrected chi connectivity index (χ4v) is 1.73. The van der Waals surface area contributed by atoms with Crippen LogP contribution in [0.2, 0.25) is 0 Å².